The highest BCUT2D eigenvalue weighted by Gasteiger charge is 2.10. The number of rotatable bonds is 0. The minimum absolute atomic E-state index is 0.461. The van der Waals surface area contributed by atoms with Gasteiger partial charge in [0.1, 0.15) is 12.1 Å². The fraction of sp³-hybridized carbons (Fsp3) is 0. The Hall–Kier alpha value is -1.11. The van der Waals surface area contributed by atoms with Gasteiger partial charge in [0.2, 0.25) is 0 Å². The first-order valence-electron chi connectivity index (χ1n) is 3.78. The van der Waals surface area contributed by atoms with Gasteiger partial charge in [0.15, 0.2) is 0 Å². The lowest BCUT2D eigenvalue weighted by Gasteiger charge is -1.98. The average Bonchev–Trinajstić information content (AvgIpc) is 2.66. The van der Waals surface area contributed by atoms with Gasteiger partial charge in [0.25, 0.3) is 0 Å². The summed E-state index contributed by atoms with van der Waals surface area (Å²) in [5, 5.41) is 20.7. The number of nitrogens with zero attached hydrogens (tertiary/aromatic N) is 2. The Morgan fingerprint density at radius 1 is 1.29 bits per heavy atom. The van der Waals surface area contributed by atoms with E-state index in [-0.39, 0.29) is 0 Å². The highest BCUT2D eigenvalue weighted by molar-refractivity contribution is 14.1. The molecule has 0 atom stereocenters. The molecule has 0 radical (unpaired) electrons. The third kappa shape index (κ3) is 1.28. The van der Waals surface area contributed by atoms with Crippen LogP contribution in [0.3, 0.4) is 0 Å². The van der Waals surface area contributed by atoms with E-state index < -0.39 is 0 Å². The molecule has 0 aliphatic carbocycles. The van der Waals surface area contributed by atoms with Gasteiger partial charge >= 0.3 is 0 Å². The van der Waals surface area contributed by atoms with Gasteiger partial charge < -0.3 is 0 Å². The van der Waals surface area contributed by atoms with Crippen LogP contribution in [0.4, 0.5) is 0 Å². The first kappa shape index (κ1) is 9.45. The molecule has 4 heteroatoms. The minimum atomic E-state index is 0.461. The van der Waals surface area contributed by atoms with Crippen molar-refractivity contribution in [2.24, 2.45) is 0 Å². The summed E-state index contributed by atoms with van der Waals surface area (Å²) >= 11 is 3.78. The van der Waals surface area contributed by atoms with Crippen LogP contribution < -0.4 is 0 Å². The summed E-state index contributed by atoms with van der Waals surface area (Å²) < 4.78 is 2.12. The van der Waals surface area contributed by atoms with E-state index in [1.165, 1.54) is 0 Å². The van der Waals surface area contributed by atoms with Crippen molar-refractivity contribution in [1.29, 1.82) is 10.5 Å². The van der Waals surface area contributed by atoms with Crippen molar-refractivity contribution in [3.8, 4) is 12.1 Å². The van der Waals surface area contributed by atoms with E-state index in [9.17, 15) is 0 Å². The van der Waals surface area contributed by atoms with Crippen molar-refractivity contribution in [3.05, 3.63) is 32.2 Å². The van der Waals surface area contributed by atoms with E-state index in [4.69, 9.17) is 10.5 Å². The van der Waals surface area contributed by atoms with E-state index in [0.717, 1.165) is 13.7 Å². The first-order chi connectivity index (χ1) is 6.77. The largest absolute Gasteiger partial charge is 0.192 e. The van der Waals surface area contributed by atoms with Gasteiger partial charge in [-0.25, -0.2) is 0 Å². The van der Waals surface area contributed by atoms with Gasteiger partial charge in [0.05, 0.1) is 11.1 Å². The van der Waals surface area contributed by atoms with Crippen LogP contribution in [-0.4, -0.2) is 0 Å². The molecule has 0 bridgehead atoms. The van der Waals surface area contributed by atoms with Crippen LogP contribution in [0.15, 0.2) is 17.5 Å². The number of fused-ring (bicyclic) bond motifs is 1. The predicted molar refractivity (Wildman–Crippen MR) is 64.0 cm³/mol. The zero-order valence-electron chi connectivity index (χ0n) is 6.91. The van der Waals surface area contributed by atoms with Gasteiger partial charge in [-0.2, -0.15) is 10.5 Å². The Bertz CT molecular complexity index is 586. The van der Waals surface area contributed by atoms with Gasteiger partial charge in [-0.15, -0.1) is 11.3 Å². The monoisotopic (exact) mass is 310 g/mol. The Morgan fingerprint density at radius 2 is 2.07 bits per heavy atom. The molecule has 0 amide bonds. The van der Waals surface area contributed by atoms with Gasteiger partial charge in [-0.05, 0) is 40.1 Å². The second-order valence-corrected chi connectivity index (χ2v) is 4.75. The molecule has 2 nitrogen and oxygen atoms in total. The molecule has 1 heterocycles. The maximum Gasteiger partial charge on any atom is 0.101 e. The van der Waals surface area contributed by atoms with Crippen LogP contribution in [0.25, 0.3) is 10.1 Å². The molecule has 1 aromatic carbocycles. The summed E-state index contributed by atoms with van der Waals surface area (Å²) in [6.45, 7) is 0. The van der Waals surface area contributed by atoms with E-state index in [1.54, 1.807) is 17.4 Å². The standard InChI is InChI=1S/C10H3IN2S/c11-9-3-6(4-12)8(5-13)7-1-2-14-10(7)9/h1-3H. The Kier molecular flexibility index (Phi) is 2.40. The minimum Gasteiger partial charge on any atom is -0.192 e. The second-order valence-electron chi connectivity index (χ2n) is 2.67. The summed E-state index contributed by atoms with van der Waals surface area (Å²) in [6.07, 6.45) is 0. The summed E-state index contributed by atoms with van der Waals surface area (Å²) in [5.41, 5.74) is 0.951. The van der Waals surface area contributed by atoms with E-state index in [0.29, 0.717) is 11.1 Å². The van der Waals surface area contributed by atoms with Crippen LogP contribution in [0.5, 0.6) is 0 Å². The molecule has 2 rings (SSSR count). The predicted octanol–water partition coefficient (Wildman–Crippen LogP) is 3.25. The molecule has 0 spiro atoms. The highest BCUT2D eigenvalue weighted by atomic mass is 127. The molecular weight excluding hydrogens is 307 g/mol. The number of hydrogen-bond donors (Lipinski definition) is 0. The number of hydrogen-bond acceptors (Lipinski definition) is 3. The molecule has 0 saturated carbocycles. The lowest BCUT2D eigenvalue weighted by molar-refractivity contribution is 1.45. The average molecular weight is 310 g/mol. The van der Waals surface area contributed by atoms with Crippen molar-refractivity contribution >= 4 is 44.0 Å². The van der Waals surface area contributed by atoms with Gasteiger partial charge in [-0.1, -0.05) is 0 Å². The summed E-state index contributed by atoms with van der Waals surface area (Å²) in [6, 6.07) is 7.78. The third-order valence-electron chi connectivity index (χ3n) is 1.92. The molecule has 2 aromatic rings. The lowest BCUT2D eigenvalue weighted by atomic mass is 10.1. The molecule has 0 unspecified atom stereocenters. The van der Waals surface area contributed by atoms with Crippen molar-refractivity contribution in [3.63, 3.8) is 0 Å². The van der Waals surface area contributed by atoms with Crippen LogP contribution in [0.2, 0.25) is 0 Å². The first-order valence-corrected chi connectivity index (χ1v) is 5.73. The topological polar surface area (TPSA) is 47.6 Å². The van der Waals surface area contributed by atoms with Crippen LogP contribution in [0, 0.1) is 26.2 Å². The molecule has 0 aliphatic rings. The number of benzene rings is 1. The van der Waals surface area contributed by atoms with E-state index >= 15 is 0 Å². The zero-order valence-corrected chi connectivity index (χ0v) is 9.89. The third-order valence-corrected chi connectivity index (χ3v) is 4.09. The maximum absolute atomic E-state index is 8.96. The molecule has 0 aliphatic heterocycles. The molecule has 0 fully saturated rings. The second kappa shape index (κ2) is 3.56. The van der Waals surface area contributed by atoms with Crippen molar-refractivity contribution in [2.75, 3.05) is 0 Å². The van der Waals surface area contributed by atoms with Gasteiger partial charge in [-0.3, -0.25) is 0 Å². The number of thiophene rings is 1. The quantitative estimate of drug-likeness (QED) is 0.701. The zero-order chi connectivity index (χ0) is 10.1. The normalized spacial score (nSPS) is 9.64. The Labute approximate surface area is 98.5 Å². The summed E-state index contributed by atoms with van der Waals surface area (Å²) in [5.74, 6) is 0. The molecule has 1 aromatic heterocycles. The summed E-state index contributed by atoms with van der Waals surface area (Å²) in [7, 11) is 0. The molecule has 66 valence electrons. The molecule has 0 N–H and O–H groups in total. The fourth-order valence-electron chi connectivity index (χ4n) is 1.31. The van der Waals surface area contributed by atoms with Gasteiger partial charge in [0, 0.05) is 13.7 Å². The maximum atomic E-state index is 8.96. The SMILES string of the molecule is N#Cc1cc(I)c2sccc2c1C#N. The Morgan fingerprint density at radius 3 is 2.71 bits per heavy atom. The fourth-order valence-corrected chi connectivity index (χ4v) is 3.10. The van der Waals surface area contributed by atoms with Crippen molar-refractivity contribution in [2.45, 2.75) is 0 Å². The van der Waals surface area contributed by atoms with E-state index in [1.807, 2.05) is 17.5 Å². The smallest absolute Gasteiger partial charge is 0.101 e. The molecule has 14 heavy (non-hydrogen) atoms. The van der Waals surface area contributed by atoms with Crippen LogP contribution in [0.1, 0.15) is 11.1 Å². The highest BCUT2D eigenvalue weighted by Crippen LogP contribution is 2.30. The van der Waals surface area contributed by atoms with E-state index in [2.05, 4.69) is 28.7 Å². The molecule has 0 saturated heterocycles. The lowest BCUT2D eigenvalue weighted by Crippen LogP contribution is -1.86. The summed E-state index contributed by atoms with van der Waals surface area (Å²) in [4.78, 5) is 0. The van der Waals surface area contributed by atoms with Crippen molar-refractivity contribution < 1.29 is 0 Å². The number of nitriles is 2. The van der Waals surface area contributed by atoms with Crippen molar-refractivity contribution in [1.82, 2.24) is 0 Å². The van der Waals surface area contributed by atoms with Crippen LogP contribution >= 0.6 is 33.9 Å². The number of halogens is 1. The van der Waals surface area contributed by atoms with Crippen LogP contribution in [-0.2, 0) is 0 Å². The Balaban J connectivity index is 3.00. The molecular formula is C10H3IN2S.